The predicted octanol–water partition coefficient (Wildman–Crippen LogP) is 1.80. The maximum absolute atomic E-state index is 12.9. The van der Waals surface area contributed by atoms with Gasteiger partial charge < -0.3 is 14.4 Å². The first kappa shape index (κ1) is 20.8. The SMILES string of the molecule is CCOC(=O)C1CCCN(C(=O)CN2C(=O)C(C)Oc3ccc(C(C)=O)cc32)C1. The Morgan fingerprint density at radius 2 is 2.03 bits per heavy atom. The van der Waals surface area contributed by atoms with Crippen molar-refractivity contribution in [3.8, 4) is 5.75 Å². The number of hydrogen-bond acceptors (Lipinski definition) is 6. The summed E-state index contributed by atoms with van der Waals surface area (Å²) < 4.78 is 10.7. The number of esters is 1. The average Bonchev–Trinajstić information content (AvgIpc) is 2.71. The van der Waals surface area contributed by atoms with Gasteiger partial charge >= 0.3 is 5.97 Å². The van der Waals surface area contributed by atoms with Crippen LogP contribution in [0.2, 0.25) is 0 Å². The van der Waals surface area contributed by atoms with Crippen LogP contribution in [0.5, 0.6) is 5.75 Å². The topological polar surface area (TPSA) is 93.2 Å². The fourth-order valence-electron chi connectivity index (χ4n) is 3.68. The number of carbonyl (C=O) groups is 4. The third-order valence-corrected chi connectivity index (χ3v) is 5.26. The second kappa shape index (κ2) is 8.63. The van der Waals surface area contributed by atoms with E-state index >= 15 is 0 Å². The van der Waals surface area contributed by atoms with Gasteiger partial charge in [0.05, 0.1) is 18.2 Å². The van der Waals surface area contributed by atoms with E-state index in [-0.39, 0.29) is 42.6 Å². The van der Waals surface area contributed by atoms with Crippen LogP contribution in [0.3, 0.4) is 0 Å². The Morgan fingerprint density at radius 3 is 2.72 bits per heavy atom. The molecular formula is C21H26N2O6. The summed E-state index contributed by atoms with van der Waals surface area (Å²) in [7, 11) is 0. The molecule has 0 bridgehead atoms. The third-order valence-electron chi connectivity index (χ3n) is 5.26. The van der Waals surface area contributed by atoms with Crippen molar-refractivity contribution in [2.45, 2.75) is 39.7 Å². The van der Waals surface area contributed by atoms with E-state index in [9.17, 15) is 19.2 Å². The molecule has 8 nitrogen and oxygen atoms in total. The van der Waals surface area contributed by atoms with Crippen molar-refractivity contribution in [3.63, 3.8) is 0 Å². The van der Waals surface area contributed by atoms with Gasteiger partial charge in [0, 0.05) is 18.7 Å². The van der Waals surface area contributed by atoms with E-state index in [0.717, 1.165) is 0 Å². The fourth-order valence-corrected chi connectivity index (χ4v) is 3.68. The van der Waals surface area contributed by atoms with Gasteiger partial charge in [-0.25, -0.2) is 0 Å². The van der Waals surface area contributed by atoms with E-state index in [4.69, 9.17) is 9.47 Å². The largest absolute Gasteiger partial charge is 0.479 e. The lowest BCUT2D eigenvalue weighted by Crippen LogP contribution is -2.51. The normalized spacial score (nSPS) is 21.3. The second-order valence-electron chi connectivity index (χ2n) is 7.35. The minimum Gasteiger partial charge on any atom is -0.479 e. The Morgan fingerprint density at radius 1 is 1.28 bits per heavy atom. The highest BCUT2D eigenvalue weighted by Crippen LogP contribution is 2.35. The van der Waals surface area contributed by atoms with Crippen molar-refractivity contribution in [1.29, 1.82) is 0 Å². The quantitative estimate of drug-likeness (QED) is 0.551. The summed E-state index contributed by atoms with van der Waals surface area (Å²) in [5.74, 6) is -0.913. The molecule has 0 spiro atoms. The van der Waals surface area contributed by atoms with Gasteiger partial charge in [0.25, 0.3) is 5.91 Å². The Kier molecular flexibility index (Phi) is 6.20. The molecule has 2 aliphatic heterocycles. The third kappa shape index (κ3) is 4.41. The number of Topliss-reactive ketones (excluding diaryl/α,β-unsaturated/α-hetero) is 1. The molecule has 2 atom stereocenters. The first-order valence-corrected chi connectivity index (χ1v) is 9.89. The van der Waals surface area contributed by atoms with Gasteiger partial charge in [-0.15, -0.1) is 0 Å². The van der Waals surface area contributed by atoms with Crippen molar-refractivity contribution in [1.82, 2.24) is 4.90 Å². The van der Waals surface area contributed by atoms with Crippen molar-refractivity contribution >= 4 is 29.3 Å². The first-order valence-electron chi connectivity index (χ1n) is 9.89. The minimum atomic E-state index is -0.730. The highest BCUT2D eigenvalue weighted by Gasteiger charge is 2.36. The second-order valence-corrected chi connectivity index (χ2v) is 7.35. The molecular weight excluding hydrogens is 376 g/mol. The molecule has 2 heterocycles. The molecule has 29 heavy (non-hydrogen) atoms. The lowest BCUT2D eigenvalue weighted by molar-refractivity contribution is -0.151. The molecule has 3 rings (SSSR count). The van der Waals surface area contributed by atoms with Gasteiger partial charge in [-0.3, -0.25) is 24.1 Å². The van der Waals surface area contributed by atoms with E-state index in [1.54, 1.807) is 36.9 Å². The molecule has 0 saturated carbocycles. The first-order chi connectivity index (χ1) is 13.8. The summed E-state index contributed by atoms with van der Waals surface area (Å²) >= 11 is 0. The number of benzene rings is 1. The zero-order valence-corrected chi connectivity index (χ0v) is 17.0. The van der Waals surface area contributed by atoms with Gasteiger partial charge in [-0.2, -0.15) is 0 Å². The van der Waals surface area contributed by atoms with E-state index in [2.05, 4.69) is 0 Å². The maximum atomic E-state index is 12.9. The highest BCUT2D eigenvalue weighted by molar-refractivity contribution is 6.05. The molecule has 1 aromatic carbocycles. The number of hydrogen-bond donors (Lipinski definition) is 0. The maximum Gasteiger partial charge on any atom is 0.310 e. The lowest BCUT2D eigenvalue weighted by Gasteiger charge is -2.36. The summed E-state index contributed by atoms with van der Waals surface area (Å²) in [6, 6.07) is 4.86. The van der Waals surface area contributed by atoms with Crippen LogP contribution >= 0.6 is 0 Å². The number of ether oxygens (including phenoxy) is 2. The number of carbonyl (C=O) groups excluding carboxylic acids is 4. The van der Waals surface area contributed by atoms with Crippen LogP contribution in [-0.2, 0) is 19.1 Å². The molecule has 1 saturated heterocycles. The summed E-state index contributed by atoms with van der Waals surface area (Å²) in [5.41, 5.74) is 0.848. The molecule has 1 aromatic rings. The average molecular weight is 402 g/mol. The summed E-state index contributed by atoms with van der Waals surface area (Å²) in [4.78, 5) is 52.4. The molecule has 156 valence electrons. The van der Waals surface area contributed by atoms with Gasteiger partial charge in [0.2, 0.25) is 5.91 Å². The fraction of sp³-hybridized carbons (Fsp3) is 0.524. The molecule has 2 amide bonds. The van der Waals surface area contributed by atoms with Crippen LogP contribution in [0.25, 0.3) is 0 Å². The summed E-state index contributed by atoms with van der Waals surface area (Å²) in [5, 5.41) is 0. The van der Waals surface area contributed by atoms with Gasteiger partial charge in [0.1, 0.15) is 12.3 Å². The van der Waals surface area contributed by atoms with Crippen molar-refractivity contribution < 1.29 is 28.7 Å². The van der Waals surface area contributed by atoms with E-state index < -0.39 is 6.10 Å². The molecule has 1 fully saturated rings. The van der Waals surface area contributed by atoms with Gasteiger partial charge in [0.15, 0.2) is 11.9 Å². The lowest BCUT2D eigenvalue weighted by atomic mass is 9.98. The minimum absolute atomic E-state index is 0.140. The van der Waals surface area contributed by atoms with Gasteiger partial charge in [-0.1, -0.05) is 0 Å². The number of anilines is 1. The number of amides is 2. The number of nitrogens with zero attached hydrogens (tertiary/aromatic N) is 2. The molecule has 0 aromatic heterocycles. The summed E-state index contributed by atoms with van der Waals surface area (Å²) in [6.45, 7) is 5.76. The number of fused-ring (bicyclic) bond motifs is 1. The zero-order valence-electron chi connectivity index (χ0n) is 17.0. The monoisotopic (exact) mass is 402 g/mol. The predicted molar refractivity (Wildman–Crippen MR) is 105 cm³/mol. The van der Waals surface area contributed by atoms with Crippen LogP contribution in [0.15, 0.2) is 18.2 Å². The number of piperidine rings is 1. The Bertz CT molecular complexity index is 836. The Hall–Kier alpha value is -2.90. The zero-order chi connectivity index (χ0) is 21.1. The van der Waals surface area contributed by atoms with Crippen LogP contribution in [-0.4, -0.2) is 60.8 Å². The van der Waals surface area contributed by atoms with Crippen LogP contribution < -0.4 is 9.64 Å². The molecule has 0 radical (unpaired) electrons. The molecule has 0 aliphatic carbocycles. The Labute approximate surface area is 169 Å². The van der Waals surface area contributed by atoms with E-state index in [1.807, 2.05) is 0 Å². The number of likely N-dealkylation sites (tertiary alicyclic amines) is 1. The summed E-state index contributed by atoms with van der Waals surface area (Å²) in [6.07, 6.45) is 0.654. The Balaban J connectivity index is 1.79. The number of rotatable bonds is 5. The van der Waals surface area contributed by atoms with Crippen LogP contribution in [0, 0.1) is 5.92 Å². The number of ketones is 1. The van der Waals surface area contributed by atoms with E-state index in [0.29, 0.717) is 43.0 Å². The van der Waals surface area contributed by atoms with Gasteiger partial charge in [-0.05, 0) is 51.8 Å². The smallest absolute Gasteiger partial charge is 0.310 e. The molecule has 2 aliphatic rings. The highest BCUT2D eigenvalue weighted by atomic mass is 16.5. The van der Waals surface area contributed by atoms with Crippen molar-refractivity contribution in [2.24, 2.45) is 5.92 Å². The molecule has 2 unspecified atom stereocenters. The van der Waals surface area contributed by atoms with Crippen molar-refractivity contribution in [3.05, 3.63) is 23.8 Å². The van der Waals surface area contributed by atoms with Crippen molar-refractivity contribution in [2.75, 3.05) is 31.1 Å². The van der Waals surface area contributed by atoms with E-state index in [1.165, 1.54) is 11.8 Å². The molecule has 8 heteroatoms. The molecule has 0 N–H and O–H groups in total. The standard InChI is InChI=1S/C21H26N2O6/c1-4-28-21(27)16-6-5-9-22(11-16)19(25)12-23-17-10-15(13(2)24)7-8-18(17)29-14(3)20(23)26/h7-8,10,14,16H,4-6,9,11-12H2,1-3H3. The van der Waals surface area contributed by atoms with Crippen LogP contribution in [0.4, 0.5) is 5.69 Å². The van der Waals surface area contributed by atoms with Crippen LogP contribution in [0.1, 0.15) is 44.0 Å².